The van der Waals surface area contributed by atoms with Crippen LogP contribution in [0.3, 0.4) is 0 Å². The van der Waals surface area contributed by atoms with E-state index in [1.807, 2.05) is 0 Å². The minimum atomic E-state index is -3.68. The molecule has 1 aromatic carbocycles. The molecule has 0 aliphatic heterocycles. The highest BCUT2D eigenvalue weighted by Gasteiger charge is 2.24. The molecule has 0 aromatic heterocycles. The Hall–Kier alpha value is -0.140. The van der Waals surface area contributed by atoms with Crippen molar-refractivity contribution in [3.63, 3.8) is 0 Å². The second-order valence-electron chi connectivity index (χ2n) is 3.71. The fraction of sp³-hybridized carbons (Fsp3) is 0.400. The van der Waals surface area contributed by atoms with Crippen molar-refractivity contribution in [1.82, 2.24) is 4.31 Å². The minimum absolute atomic E-state index is 0.0190. The van der Waals surface area contributed by atoms with Gasteiger partial charge in [-0.25, -0.2) is 8.42 Å². The highest BCUT2D eigenvalue weighted by atomic mass is 79.9. The highest BCUT2D eigenvalue weighted by Crippen LogP contribution is 2.27. The summed E-state index contributed by atoms with van der Waals surface area (Å²) in [6, 6.07) is 4.61. The van der Waals surface area contributed by atoms with Gasteiger partial charge in [0.05, 0.1) is 11.1 Å². The molecule has 1 N–H and O–H groups in total. The zero-order valence-electron chi connectivity index (χ0n) is 9.39. The number of hydrogen-bond donors (Lipinski definition) is 1. The van der Waals surface area contributed by atoms with Crippen LogP contribution < -0.4 is 0 Å². The van der Waals surface area contributed by atoms with Crippen molar-refractivity contribution in [3.8, 4) is 0 Å². The summed E-state index contributed by atoms with van der Waals surface area (Å²) in [7, 11) is -2.27. The summed E-state index contributed by atoms with van der Waals surface area (Å²) in [5, 5.41) is 9.37. The molecule has 7 heteroatoms. The number of hydrogen-bond acceptors (Lipinski definition) is 3. The van der Waals surface area contributed by atoms with Gasteiger partial charge in [0.25, 0.3) is 0 Å². The first-order valence-corrected chi connectivity index (χ1v) is 7.45. The van der Waals surface area contributed by atoms with Crippen LogP contribution in [-0.4, -0.2) is 37.5 Å². The predicted molar refractivity (Wildman–Crippen MR) is 70.6 cm³/mol. The summed E-state index contributed by atoms with van der Waals surface area (Å²) in [6.45, 7) is 1.54. The highest BCUT2D eigenvalue weighted by molar-refractivity contribution is 9.10. The Morgan fingerprint density at radius 1 is 1.53 bits per heavy atom. The molecule has 0 aliphatic rings. The Morgan fingerprint density at radius 2 is 2.12 bits per heavy atom. The third-order valence-electron chi connectivity index (χ3n) is 2.10. The van der Waals surface area contributed by atoms with Gasteiger partial charge in [-0.3, -0.25) is 0 Å². The molecule has 0 aliphatic carbocycles. The Balaban J connectivity index is 3.17. The average molecular weight is 343 g/mol. The zero-order chi connectivity index (χ0) is 13.2. The SMILES string of the molecule is C[C@@H](O)CN(C)S(=O)(=O)c1cc(Br)ccc1Cl. The second kappa shape index (κ2) is 5.67. The first kappa shape index (κ1) is 14.9. The van der Waals surface area contributed by atoms with E-state index in [1.165, 1.54) is 26.1 Å². The molecule has 1 rings (SSSR count). The molecule has 0 spiro atoms. The molecular formula is C10H13BrClNO3S. The zero-order valence-corrected chi connectivity index (χ0v) is 12.6. The van der Waals surface area contributed by atoms with Crippen LogP contribution >= 0.6 is 27.5 Å². The lowest BCUT2D eigenvalue weighted by molar-refractivity contribution is 0.171. The maximum absolute atomic E-state index is 12.2. The quantitative estimate of drug-likeness (QED) is 0.911. The van der Waals surface area contributed by atoms with E-state index in [0.717, 1.165) is 4.31 Å². The molecule has 17 heavy (non-hydrogen) atoms. The molecule has 96 valence electrons. The van der Waals surface area contributed by atoms with Crippen molar-refractivity contribution >= 4 is 37.6 Å². The molecule has 1 atom stereocenters. The summed E-state index contributed by atoms with van der Waals surface area (Å²) in [5.41, 5.74) is 0. The molecule has 0 amide bonds. The van der Waals surface area contributed by atoms with E-state index < -0.39 is 16.1 Å². The van der Waals surface area contributed by atoms with Gasteiger partial charge in [0.1, 0.15) is 4.90 Å². The topological polar surface area (TPSA) is 57.6 Å². The molecule has 0 heterocycles. The second-order valence-corrected chi connectivity index (χ2v) is 7.05. The van der Waals surface area contributed by atoms with Crippen LogP contribution in [0.5, 0.6) is 0 Å². The Bertz CT molecular complexity index is 504. The number of aliphatic hydroxyl groups is 1. The third kappa shape index (κ3) is 3.66. The maximum Gasteiger partial charge on any atom is 0.244 e. The molecule has 0 fully saturated rings. The normalized spacial score (nSPS) is 14.0. The molecule has 1 aromatic rings. The van der Waals surface area contributed by atoms with Gasteiger partial charge >= 0.3 is 0 Å². The van der Waals surface area contributed by atoms with Crippen molar-refractivity contribution in [2.75, 3.05) is 13.6 Å². The van der Waals surface area contributed by atoms with Crippen molar-refractivity contribution in [2.45, 2.75) is 17.9 Å². The van der Waals surface area contributed by atoms with Crippen molar-refractivity contribution in [1.29, 1.82) is 0 Å². The van der Waals surface area contributed by atoms with Crippen LogP contribution in [0.25, 0.3) is 0 Å². The van der Waals surface area contributed by atoms with Crippen LogP contribution in [0.2, 0.25) is 5.02 Å². The van der Waals surface area contributed by atoms with Crippen LogP contribution in [0, 0.1) is 0 Å². The van der Waals surface area contributed by atoms with Gasteiger partial charge in [-0.05, 0) is 25.1 Å². The average Bonchev–Trinajstić information content (AvgIpc) is 2.20. The van der Waals surface area contributed by atoms with Gasteiger partial charge in [-0.15, -0.1) is 0 Å². The lowest BCUT2D eigenvalue weighted by Gasteiger charge is -2.19. The van der Waals surface area contributed by atoms with Crippen LogP contribution in [0.4, 0.5) is 0 Å². The number of rotatable bonds is 4. The van der Waals surface area contributed by atoms with E-state index in [4.69, 9.17) is 11.6 Å². The standard InChI is InChI=1S/C10H13BrClNO3S/c1-7(14)6-13(2)17(15,16)10-5-8(11)3-4-9(10)12/h3-5,7,14H,6H2,1-2H3/t7-/m1/s1. The summed E-state index contributed by atoms with van der Waals surface area (Å²) in [4.78, 5) is 0.0247. The summed E-state index contributed by atoms with van der Waals surface area (Å²) < 4.78 is 26.0. The molecular weight excluding hydrogens is 330 g/mol. The van der Waals surface area contributed by atoms with Crippen LogP contribution in [0.1, 0.15) is 6.92 Å². The molecule has 0 bridgehead atoms. The number of halogens is 2. The monoisotopic (exact) mass is 341 g/mol. The first-order chi connectivity index (χ1) is 7.75. The van der Waals surface area contributed by atoms with Gasteiger partial charge in [-0.2, -0.15) is 4.31 Å². The van der Waals surface area contributed by atoms with E-state index >= 15 is 0 Å². The molecule has 0 unspecified atom stereocenters. The largest absolute Gasteiger partial charge is 0.392 e. The molecule has 0 radical (unpaired) electrons. The molecule has 0 saturated heterocycles. The number of likely N-dealkylation sites (N-methyl/N-ethyl adjacent to an activating group) is 1. The van der Waals surface area contributed by atoms with Crippen molar-refractivity contribution in [3.05, 3.63) is 27.7 Å². The van der Waals surface area contributed by atoms with Gasteiger partial charge in [0.15, 0.2) is 0 Å². The van der Waals surface area contributed by atoms with Gasteiger partial charge in [-0.1, -0.05) is 27.5 Å². The number of sulfonamides is 1. The first-order valence-electron chi connectivity index (χ1n) is 4.84. The molecule has 4 nitrogen and oxygen atoms in total. The summed E-state index contributed by atoms with van der Waals surface area (Å²) in [6.07, 6.45) is -0.735. The lowest BCUT2D eigenvalue weighted by Crippen LogP contribution is -2.33. The van der Waals surface area contributed by atoms with Gasteiger partial charge < -0.3 is 5.11 Å². The fourth-order valence-electron chi connectivity index (χ4n) is 1.31. The number of benzene rings is 1. The predicted octanol–water partition coefficient (Wildman–Crippen LogP) is 2.10. The fourth-order valence-corrected chi connectivity index (χ4v) is 3.57. The van der Waals surface area contributed by atoms with E-state index in [1.54, 1.807) is 6.07 Å². The lowest BCUT2D eigenvalue weighted by atomic mass is 10.4. The minimum Gasteiger partial charge on any atom is -0.392 e. The molecule has 0 saturated carbocycles. The third-order valence-corrected chi connectivity index (χ3v) is 4.90. The van der Waals surface area contributed by atoms with E-state index in [2.05, 4.69) is 15.9 Å². The Morgan fingerprint density at radius 3 is 2.65 bits per heavy atom. The van der Waals surface area contributed by atoms with Crippen LogP contribution in [0.15, 0.2) is 27.6 Å². The number of nitrogens with zero attached hydrogens (tertiary/aromatic N) is 1. The summed E-state index contributed by atoms with van der Waals surface area (Å²) in [5.74, 6) is 0. The summed E-state index contributed by atoms with van der Waals surface area (Å²) >= 11 is 9.07. The smallest absolute Gasteiger partial charge is 0.244 e. The Kier molecular flexibility index (Phi) is 4.97. The maximum atomic E-state index is 12.2. The Labute approximate surface area is 114 Å². The number of aliphatic hydroxyl groups excluding tert-OH is 1. The van der Waals surface area contributed by atoms with Gasteiger partial charge in [0.2, 0.25) is 10.0 Å². The van der Waals surface area contributed by atoms with Crippen molar-refractivity contribution in [2.24, 2.45) is 0 Å². The van der Waals surface area contributed by atoms with E-state index in [-0.39, 0.29) is 16.5 Å². The van der Waals surface area contributed by atoms with E-state index in [9.17, 15) is 13.5 Å². The van der Waals surface area contributed by atoms with Crippen molar-refractivity contribution < 1.29 is 13.5 Å². The van der Waals surface area contributed by atoms with Gasteiger partial charge in [0, 0.05) is 18.1 Å². The van der Waals surface area contributed by atoms with E-state index in [0.29, 0.717) is 4.47 Å². The van der Waals surface area contributed by atoms with Crippen LogP contribution in [-0.2, 0) is 10.0 Å².